The van der Waals surface area contributed by atoms with Crippen LogP contribution >= 0.6 is 0 Å². The fourth-order valence-corrected chi connectivity index (χ4v) is 3.61. The lowest BCUT2D eigenvalue weighted by atomic mass is 9.97. The molecule has 0 aliphatic carbocycles. The number of nitrogens with zero attached hydrogens (tertiary/aromatic N) is 3. The van der Waals surface area contributed by atoms with Gasteiger partial charge in [0, 0.05) is 31.3 Å². The largest absolute Gasteiger partial charge is 0.481 e. The van der Waals surface area contributed by atoms with Crippen molar-refractivity contribution in [3.05, 3.63) is 30.1 Å². The van der Waals surface area contributed by atoms with Crippen LogP contribution in [0, 0.1) is 5.92 Å². The van der Waals surface area contributed by atoms with E-state index in [0.717, 1.165) is 0 Å². The molecule has 4 rings (SSSR count). The number of piperidine rings is 1. The third-order valence-electron chi connectivity index (χ3n) is 5.26. The fraction of sp³-hybridized carbons (Fsp3) is 0.450. The molecule has 160 valence electrons. The molecule has 0 saturated carbocycles. The summed E-state index contributed by atoms with van der Waals surface area (Å²) in [6, 6.07) is 5.30. The molecule has 2 aliphatic heterocycles. The number of benzene rings is 1. The van der Waals surface area contributed by atoms with Gasteiger partial charge in [-0.3, -0.25) is 9.78 Å². The third kappa shape index (κ3) is 4.42. The summed E-state index contributed by atoms with van der Waals surface area (Å²) in [5, 5.41) is 9.23. The molecule has 1 aromatic heterocycles. The molecule has 0 atom stereocenters. The smallest absolute Gasteiger partial charge is 0.389 e. The van der Waals surface area contributed by atoms with Crippen molar-refractivity contribution >= 4 is 11.8 Å². The first-order chi connectivity index (χ1) is 14.3. The molecule has 2 aliphatic rings. The van der Waals surface area contributed by atoms with Gasteiger partial charge in [-0.2, -0.15) is 13.2 Å². The standard InChI is InChI=1S/C20H20F3N3O4/c21-20(22,23)6-3-14-10-24-17(13-1-2-15-16(9-13)30-11-29-15)18(25-14)26-7-4-12(5-8-26)19(27)28/h1-2,9-10,12H,3-8,11H2,(H,27,28). The van der Waals surface area contributed by atoms with E-state index in [-0.39, 0.29) is 18.9 Å². The molecule has 0 unspecified atom stereocenters. The van der Waals surface area contributed by atoms with Gasteiger partial charge in [-0.25, -0.2) is 4.98 Å². The first-order valence-electron chi connectivity index (χ1n) is 9.60. The van der Waals surface area contributed by atoms with Gasteiger partial charge in [0.05, 0.1) is 11.6 Å². The maximum atomic E-state index is 12.6. The Bertz CT molecular complexity index is 943. The van der Waals surface area contributed by atoms with E-state index >= 15 is 0 Å². The number of alkyl halides is 3. The van der Waals surface area contributed by atoms with Crippen molar-refractivity contribution in [3.8, 4) is 22.8 Å². The summed E-state index contributed by atoms with van der Waals surface area (Å²) >= 11 is 0. The highest BCUT2D eigenvalue weighted by molar-refractivity contribution is 5.75. The van der Waals surface area contributed by atoms with Crippen molar-refractivity contribution in [2.24, 2.45) is 5.92 Å². The lowest BCUT2D eigenvalue weighted by molar-refractivity contribution is -0.142. The first kappa shape index (κ1) is 20.2. The second-order valence-corrected chi connectivity index (χ2v) is 7.32. The van der Waals surface area contributed by atoms with E-state index in [4.69, 9.17) is 9.47 Å². The Morgan fingerprint density at radius 2 is 1.93 bits per heavy atom. The predicted molar refractivity (Wildman–Crippen MR) is 101 cm³/mol. The Hall–Kier alpha value is -3.04. The van der Waals surface area contributed by atoms with E-state index in [1.807, 2.05) is 4.90 Å². The minimum atomic E-state index is -4.28. The minimum Gasteiger partial charge on any atom is -0.481 e. The molecule has 7 nitrogen and oxygen atoms in total. The zero-order valence-corrected chi connectivity index (χ0v) is 16.0. The van der Waals surface area contributed by atoms with Crippen LogP contribution in [0.1, 0.15) is 25.0 Å². The Balaban J connectivity index is 1.66. The van der Waals surface area contributed by atoms with Crippen LogP contribution in [0.3, 0.4) is 0 Å². The van der Waals surface area contributed by atoms with Gasteiger partial charge in [0.1, 0.15) is 5.69 Å². The van der Waals surface area contributed by atoms with Gasteiger partial charge in [-0.1, -0.05) is 0 Å². The molecule has 30 heavy (non-hydrogen) atoms. The Morgan fingerprint density at radius 1 is 1.20 bits per heavy atom. The van der Waals surface area contributed by atoms with E-state index < -0.39 is 24.5 Å². The number of hydrogen-bond acceptors (Lipinski definition) is 6. The topological polar surface area (TPSA) is 84.8 Å². The van der Waals surface area contributed by atoms with Crippen molar-refractivity contribution in [3.63, 3.8) is 0 Å². The van der Waals surface area contributed by atoms with Crippen LogP contribution in [0.5, 0.6) is 11.5 Å². The Labute approximate surface area is 170 Å². The predicted octanol–water partition coefficient (Wildman–Crippen LogP) is 3.67. The van der Waals surface area contributed by atoms with Crippen LogP contribution in [-0.4, -0.2) is 47.1 Å². The highest BCUT2D eigenvalue weighted by Gasteiger charge is 2.29. The minimum absolute atomic E-state index is 0.121. The summed E-state index contributed by atoms with van der Waals surface area (Å²) in [6.07, 6.45) is -3.30. The lowest BCUT2D eigenvalue weighted by Gasteiger charge is -2.32. The Morgan fingerprint density at radius 3 is 2.63 bits per heavy atom. The molecule has 3 heterocycles. The molecular weight excluding hydrogens is 403 g/mol. The van der Waals surface area contributed by atoms with Crippen LogP contribution in [0.2, 0.25) is 0 Å². The molecule has 2 aromatic rings. The summed E-state index contributed by atoms with van der Waals surface area (Å²) in [7, 11) is 0. The number of carboxylic acids is 1. The number of aromatic nitrogens is 2. The van der Waals surface area contributed by atoms with Gasteiger partial charge < -0.3 is 19.5 Å². The summed E-state index contributed by atoms with van der Waals surface area (Å²) in [5.74, 6) is 0.355. The molecule has 0 radical (unpaired) electrons. The monoisotopic (exact) mass is 423 g/mol. The molecule has 0 spiro atoms. The molecule has 1 aromatic carbocycles. The van der Waals surface area contributed by atoms with Crippen LogP contribution in [0.25, 0.3) is 11.3 Å². The van der Waals surface area contributed by atoms with Gasteiger partial charge in [-0.15, -0.1) is 0 Å². The summed E-state index contributed by atoms with van der Waals surface area (Å²) < 4.78 is 48.7. The zero-order chi connectivity index (χ0) is 21.3. The van der Waals surface area contributed by atoms with E-state index in [2.05, 4.69) is 9.97 Å². The van der Waals surface area contributed by atoms with E-state index in [1.165, 1.54) is 6.20 Å². The van der Waals surface area contributed by atoms with Crippen molar-refractivity contribution in [1.82, 2.24) is 9.97 Å². The highest BCUT2D eigenvalue weighted by atomic mass is 19.4. The van der Waals surface area contributed by atoms with Crippen LogP contribution in [0.4, 0.5) is 19.0 Å². The second-order valence-electron chi connectivity index (χ2n) is 7.32. The number of halogens is 3. The highest BCUT2D eigenvalue weighted by Crippen LogP contribution is 2.38. The van der Waals surface area contributed by atoms with Crippen LogP contribution in [0.15, 0.2) is 24.4 Å². The van der Waals surface area contributed by atoms with E-state index in [9.17, 15) is 23.1 Å². The number of fused-ring (bicyclic) bond motifs is 1. The number of aliphatic carboxylic acids is 1. The number of ether oxygens (including phenoxy) is 2. The molecular formula is C20H20F3N3O4. The normalized spacial score (nSPS) is 16.7. The molecule has 1 N–H and O–H groups in total. The zero-order valence-electron chi connectivity index (χ0n) is 16.0. The lowest BCUT2D eigenvalue weighted by Crippen LogP contribution is -2.37. The van der Waals surface area contributed by atoms with Gasteiger partial charge in [0.2, 0.25) is 6.79 Å². The number of carboxylic acid groups (broad SMARTS) is 1. The van der Waals surface area contributed by atoms with E-state index in [0.29, 0.717) is 54.5 Å². The fourth-order valence-electron chi connectivity index (χ4n) is 3.61. The van der Waals surface area contributed by atoms with Crippen molar-refractivity contribution < 1.29 is 32.5 Å². The number of hydrogen-bond donors (Lipinski definition) is 1. The molecule has 1 fully saturated rings. The van der Waals surface area contributed by atoms with Gasteiger partial charge in [0.15, 0.2) is 17.3 Å². The average Bonchev–Trinajstić information content (AvgIpc) is 3.19. The Kier molecular flexibility index (Phi) is 5.40. The SMILES string of the molecule is O=C(O)C1CCN(c2nc(CCC(F)(F)F)cnc2-c2ccc3c(c2)OCO3)CC1. The first-order valence-corrected chi connectivity index (χ1v) is 9.60. The third-order valence-corrected chi connectivity index (χ3v) is 5.26. The quantitative estimate of drug-likeness (QED) is 0.786. The summed E-state index contributed by atoms with van der Waals surface area (Å²) in [6.45, 7) is 0.994. The van der Waals surface area contributed by atoms with Crippen molar-refractivity contribution in [1.29, 1.82) is 0 Å². The maximum absolute atomic E-state index is 12.6. The van der Waals surface area contributed by atoms with Gasteiger partial charge >= 0.3 is 12.1 Å². The van der Waals surface area contributed by atoms with E-state index in [1.54, 1.807) is 18.2 Å². The summed E-state index contributed by atoms with van der Waals surface area (Å²) in [5.41, 5.74) is 1.45. The number of rotatable bonds is 5. The van der Waals surface area contributed by atoms with Gasteiger partial charge in [0.25, 0.3) is 0 Å². The molecule has 0 amide bonds. The number of anilines is 1. The van der Waals surface area contributed by atoms with Gasteiger partial charge in [-0.05, 0) is 37.5 Å². The number of carbonyl (C=O) groups is 1. The average molecular weight is 423 g/mol. The summed E-state index contributed by atoms with van der Waals surface area (Å²) in [4.78, 5) is 22.0. The van der Waals surface area contributed by atoms with Crippen LogP contribution in [-0.2, 0) is 11.2 Å². The molecule has 10 heteroatoms. The molecule has 1 saturated heterocycles. The van der Waals surface area contributed by atoms with Crippen molar-refractivity contribution in [2.75, 3.05) is 24.8 Å². The molecule has 0 bridgehead atoms. The van der Waals surface area contributed by atoms with Crippen LogP contribution < -0.4 is 14.4 Å². The second kappa shape index (κ2) is 8.00. The van der Waals surface area contributed by atoms with Crippen molar-refractivity contribution in [2.45, 2.75) is 31.9 Å². The maximum Gasteiger partial charge on any atom is 0.389 e. The number of aryl methyl sites for hydroxylation is 1.